The van der Waals surface area contributed by atoms with Gasteiger partial charge >= 0.3 is 0 Å². The summed E-state index contributed by atoms with van der Waals surface area (Å²) in [5, 5.41) is 3.05. The van der Waals surface area contributed by atoms with E-state index >= 15 is 0 Å². The van der Waals surface area contributed by atoms with Crippen LogP contribution in [0.25, 0.3) is 0 Å². The molecule has 0 unspecified atom stereocenters. The number of amides is 1. The van der Waals surface area contributed by atoms with Crippen LogP contribution in [-0.2, 0) is 11.3 Å². The van der Waals surface area contributed by atoms with Crippen LogP contribution < -0.4 is 5.32 Å². The van der Waals surface area contributed by atoms with Crippen LogP contribution >= 0.6 is 22.6 Å². The van der Waals surface area contributed by atoms with Crippen molar-refractivity contribution in [2.45, 2.75) is 6.54 Å². The van der Waals surface area contributed by atoms with E-state index in [1.54, 1.807) is 0 Å². The molecule has 0 saturated carbocycles. The highest BCUT2D eigenvalue weighted by Crippen LogP contribution is 2.07. The predicted octanol–water partition coefficient (Wildman–Crippen LogP) is 0.618. The number of carbonyl (C=O) groups is 1. The first kappa shape index (κ1) is 10.8. The van der Waals surface area contributed by atoms with Crippen LogP contribution in [0.2, 0.25) is 0 Å². The maximum absolute atomic E-state index is 11.5. The first-order chi connectivity index (χ1) is 7.25. The Hall–Kier alpha value is -0.690. The van der Waals surface area contributed by atoms with Gasteiger partial charge in [-0.15, -0.1) is 0 Å². The van der Waals surface area contributed by atoms with Crippen molar-refractivity contribution in [2.75, 3.05) is 19.6 Å². The Balaban J connectivity index is 2.01. The van der Waals surface area contributed by atoms with E-state index in [1.165, 1.54) is 0 Å². The summed E-state index contributed by atoms with van der Waals surface area (Å²) in [6.07, 6.45) is 1.83. The number of halogens is 1. The molecule has 1 aliphatic rings. The summed E-state index contributed by atoms with van der Waals surface area (Å²) in [5.74, 6) is 0.166. The van der Waals surface area contributed by atoms with Crippen molar-refractivity contribution in [2.24, 2.45) is 0 Å². The topological polar surface area (TPSA) is 45.2 Å². The Morgan fingerprint density at radius 3 is 3.07 bits per heavy atom. The molecule has 1 aromatic heterocycles. The Morgan fingerprint density at radius 1 is 1.53 bits per heavy atom. The lowest BCUT2D eigenvalue weighted by Crippen LogP contribution is -2.47. The third-order valence-electron chi connectivity index (χ3n) is 2.35. The van der Waals surface area contributed by atoms with E-state index < -0.39 is 0 Å². The van der Waals surface area contributed by atoms with Crippen LogP contribution in [0.15, 0.2) is 18.3 Å². The highest BCUT2D eigenvalue weighted by Gasteiger charge is 2.17. The van der Waals surface area contributed by atoms with Gasteiger partial charge < -0.3 is 10.2 Å². The molecular weight excluding hydrogens is 305 g/mol. The summed E-state index contributed by atoms with van der Waals surface area (Å²) in [6.45, 7) is 2.79. The number of aromatic nitrogens is 1. The molecule has 5 heteroatoms. The molecule has 2 rings (SSSR count). The van der Waals surface area contributed by atoms with Gasteiger partial charge in [0.2, 0.25) is 5.91 Å². The van der Waals surface area contributed by atoms with Crippen molar-refractivity contribution in [3.05, 3.63) is 27.6 Å². The van der Waals surface area contributed by atoms with E-state index in [-0.39, 0.29) is 5.91 Å². The zero-order valence-electron chi connectivity index (χ0n) is 8.24. The molecule has 4 nitrogen and oxygen atoms in total. The molecule has 0 aliphatic carbocycles. The number of hydrogen-bond acceptors (Lipinski definition) is 3. The molecule has 80 valence electrons. The third kappa shape index (κ3) is 2.88. The number of nitrogens with one attached hydrogen (secondary N) is 1. The van der Waals surface area contributed by atoms with Gasteiger partial charge in [0, 0.05) is 25.8 Å². The molecule has 0 bridgehead atoms. The number of piperazine rings is 1. The van der Waals surface area contributed by atoms with Gasteiger partial charge in [-0.05, 0) is 34.2 Å². The van der Waals surface area contributed by atoms with Crippen molar-refractivity contribution in [3.8, 4) is 0 Å². The number of rotatable bonds is 2. The second-order valence-electron chi connectivity index (χ2n) is 3.48. The molecule has 2 heterocycles. The van der Waals surface area contributed by atoms with E-state index in [0.29, 0.717) is 13.1 Å². The zero-order chi connectivity index (χ0) is 10.7. The normalized spacial score (nSPS) is 16.9. The number of nitrogens with zero attached hydrogens (tertiary/aromatic N) is 2. The van der Waals surface area contributed by atoms with Gasteiger partial charge in [-0.2, -0.15) is 0 Å². The van der Waals surface area contributed by atoms with E-state index in [9.17, 15) is 4.79 Å². The summed E-state index contributed by atoms with van der Waals surface area (Å²) >= 11 is 2.17. The highest BCUT2D eigenvalue weighted by atomic mass is 127. The quantitative estimate of drug-likeness (QED) is 0.642. The van der Waals surface area contributed by atoms with Crippen LogP contribution in [0.3, 0.4) is 0 Å². The molecule has 1 N–H and O–H groups in total. The van der Waals surface area contributed by atoms with Gasteiger partial charge in [0.1, 0.15) is 3.70 Å². The van der Waals surface area contributed by atoms with Gasteiger partial charge in [-0.1, -0.05) is 6.07 Å². The summed E-state index contributed by atoms with van der Waals surface area (Å²) in [6, 6.07) is 3.98. The number of pyridine rings is 1. The average Bonchev–Trinajstić information content (AvgIpc) is 2.25. The molecule has 1 aromatic rings. The molecule has 0 radical (unpaired) electrons. The van der Waals surface area contributed by atoms with Gasteiger partial charge in [-0.3, -0.25) is 4.79 Å². The average molecular weight is 317 g/mol. The maximum atomic E-state index is 11.5. The second kappa shape index (κ2) is 4.89. The fourth-order valence-electron chi connectivity index (χ4n) is 1.53. The molecule has 1 amide bonds. The van der Waals surface area contributed by atoms with Crippen LogP contribution in [0.4, 0.5) is 0 Å². The van der Waals surface area contributed by atoms with E-state index in [0.717, 1.165) is 22.4 Å². The van der Waals surface area contributed by atoms with Crippen molar-refractivity contribution in [1.29, 1.82) is 0 Å². The lowest BCUT2D eigenvalue weighted by molar-refractivity contribution is -0.132. The number of carbonyl (C=O) groups excluding carboxylic acids is 1. The SMILES string of the molecule is O=C1CNCCN1Cc1ccc(I)nc1. The fourth-order valence-corrected chi connectivity index (χ4v) is 1.85. The summed E-state index contributed by atoms with van der Waals surface area (Å²) in [4.78, 5) is 17.6. The minimum atomic E-state index is 0.166. The maximum Gasteiger partial charge on any atom is 0.236 e. The Morgan fingerprint density at radius 2 is 2.40 bits per heavy atom. The van der Waals surface area contributed by atoms with Crippen LogP contribution in [0.5, 0.6) is 0 Å². The molecule has 0 atom stereocenters. The Bertz CT molecular complexity index is 352. The van der Waals surface area contributed by atoms with Crippen molar-refractivity contribution in [3.63, 3.8) is 0 Å². The standard InChI is InChI=1S/C10H12IN3O/c11-9-2-1-8(5-13-9)7-14-4-3-12-6-10(14)15/h1-2,5,12H,3-4,6-7H2. The molecule has 0 spiro atoms. The van der Waals surface area contributed by atoms with E-state index in [1.807, 2.05) is 23.2 Å². The summed E-state index contributed by atoms with van der Waals surface area (Å²) < 4.78 is 0.975. The third-order valence-corrected chi connectivity index (χ3v) is 2.99. The summed E-state index contributed by atoms with van der Waals surface area (Å²) in [7, 11) is 0. The lowest BCUT2D eigenvalue weighted by Gasteiger charge is -2.27. The Labute approximate surface area is 102 Å². The monoisotopic (exact) mass is 317 g/mol. The molecule has 1 saturated heterocycles. The Kier molecular flexibility index (Phi) is 3.53. The van der Waals surface area contributed by atoms with E-state index in [4.69, 9.17) is 0 Å². The van der Waals surface area contributed by atoms with Crippen molar-refractivity contribution >= 4 is 28.5 Å². The zero-order valence-corrected chi connectivity index (χ0v) is 10.4. The van der Waals surface area contributed by atoms with Crippen molar-refractivity contribution < 1.29 is 4.79 Å². The molecule has 0 aromatic carbocycles. The molecule has 15 heavy (non-hydrogen) atoms. The lowest BCUT2D eigenvalue weighted by atomic mass is 10.2. The van der Waals surface area contributed by atoms with Gasteiger partial charge in [-0.25, -0.2) is 4.98 Å². The largest absolute Gasteiger partial charge is 0.336 e. The smallest absolute Gasteiger partial charge is 0.236 e. The molecular formula is C10H12IN3O. The van der Waals surface area contributed by atoms with Gasteiger partial charge in [0.05, 0.1) is 6.54 Å². The molecule has 1 fully saturated rings. The number of hydrogen-bond donors (Lipinski definition) is 1. The fraction of sp³-hybridized carbons (Fsp3) is 0.400. The minimum absolute atomic E-state index is 0.166. The molecule has 1 aliphatic heterocycles. The van der Waals surface area contributed by atoms with Crippen LogP contribution in [-0.4, -0.2) is 35.4 Å². The van der Waals surface area contributed by atoms with E-state index in [2.05, 4.69) is 32.9 Å². The van der Waals surface area contributed by atoms with Gasteiger partial charge in [0.15, 0.2) is 0 Å². The highest BCUT2D eigenvalue weighted by molar-refractivity contribution is 14.1. The second-order valence-corrected chi connectivity index (χ2v) is 4.59. The summed E-state index contributed by atoms with van der Waals surface area (Å²) in [5.41, 5.74) is 1.09. The first-order valence-corrected chi connectivity index (χ1v) is 5.92. The predicted molar refractivity (Wildman–Crippen MR) is 65.2 cm³/mol. The van der Waals surface area contributed by atoms with Crippen molar-refractivity contribution in [1.82, 2.24) is 15.2 Å². The minimum Gasteiger partial charge on any atom is -0.336 e. The van der Waals surface area contributed by atoms with Crippen LogP contribution in [0.1, 0.15) is 5.56 Å². The van der Waals surface area contributed by atoms with Crippen LogP contribution in [0, 0.1) is 3.70 Å². The first-order valence-electron chi connectivity index (χ1n) is 4.84. The van der Waals surface area contributed by atoms with Gasteiger partial charge in [0.25, 0.3) is 0 Å².